The van der Waals surface area contributed by atoms with Crippen LogP contribution in [-0.4, -0.2) is 49.1 Å². The molecular weight excluding hydrogens is 338 g/mol. The van der Waals surface area contributed by atoms with Crippen LogP contribution in [0.5, 0.6) is 5.75 Å². The number of amides is 1. The fourth-order valence-electron chi connectivity index (χ4n) is 3.45. The first-order valence-electron chi connectivity index (χ1n) is 9.46. The molecule has 1 aliphatic heterocycles. The van der Waals surface area contributed by atoms with Crippen LogP contribution in [-0.2, 0) is 0 Å². The summed E-state index contributed by atoms with van der Waals surface area (Å²) in [5.41, 5.74) is 1.71. The number of pyridine rings is 1. The summed E-state index contributed by atoms with van der Waals surface area (Å²) in [6, 6.07) is 11.6. The van der Waals surface area contributed by atoms with E-state index in [9.17, 15) is 4.79 Å². The number of methoxy groups -OCH3 is 1. The summed E-state index contributed by atoms with van der Waals surface area (Å²) in [5.74, 6) is 1.33. The molecule has 0 aliphatic carbocycles. The Morgan fingerprint density at radius 3 is 3.04 bits per heavy atom. The molecular formula is C22H27N3O2. The van der Waals surface area contributed by atoms with Crippen molar-refractivity contribution < 1.29 is 9.53 Å². The number of likely N-dealkylation sites (tertiary alicyclic amines) is 1. The van der Waals surface area contributed by atoms with Crippen LogP contribution < -0.4 is 10.1 Å². The highest BCUT2D eigenvalue weighted by molar-refractivity contribution is 5.93. The van der Waals surface area contributed by atoms with Gasteiger partial charge in [0, 0.05) is 37.6 Å². The predicted molar refractivity (Wildman–Crippen MR) is 108 cm³/mol. The Balaban J connectivity index is 1.46. The van der Waals surface area contributed by atoms with Gasteiger partial charge in [-0.3, -0.25) is 14.7 Å². The van der Waals surface area contributed by atoms with E-state index in [-0.39, 0.29) is 5.91 Å². The first-order valence-corrected chi connectivity index (χ1v) is 9.46. The third-order valence-corrected chi connectivity index (χ3v) is 4.88. The fraction of sp³-hybridized carbons (Fsp3) is 0.364. The molecule has 1 aromatic carbocycles. The molecule has 3 rings (SSSR count). The van der Waals surface area contributed by atoms with E-state index in [1.54, 1.807) is 31.6 Å². The SMILES string of the molecule is COc1ccccc1C=CCN1CCCC(CNC(=O)c2cccnc2)C1. The molecule has 2 heterocycles. The normalized spacial score (nSPS) is 17.7. The lowest BCUT2D eigenvalue weighted by Crippen LogP contribution is -2.41. The lowest BCUT2D eigenvalue weighted by molar-refractivity contribution is 0.0934. The van der Waals surface area contributed by atoms with Crippen molar-refractivity contribution in [2.45, 2.75) is 12.8 Å². The minimum absolute atomic E-state index is 0.0451. The van der Waals surface area contributed by atoms with Crippen molar-refractivity contribution in [3.8, 4) is 5.75 Å². The van der Waals surface area contributed by atoms with E-state index in [4.69, 9.17) is 4.74 Å². The van der Waals surface area contributed by atoms with Crippen molar-refractivity contribution in [3.63, 3.8) is 0 Å². The molecule has 1 N–H and O–H groups in total. The predicted octanol–water partition coefficient (Wildman–Crippen LogP) is 3.25. The van der Waals surface area contributed by atoms with Crippen LogP contribution in [0.1, 0.15) is 28.8 Å². The number of rotatable bonds is 7. The minimum atomic E-state index is -0.0451. The largest absolute Gasteiger partial charge is 0.496 e. The van der Waals surface area contributed by atoms with Crippen molar-refractivity contribution in [2.75, 3.05) is 33.3 Å². The Labute approximate surface area is 161 Å². The summed E-state index contributed by atoms with van der Waals surface area (Å²) in [5, 5.41) is 3.05. The summed E-state index contributed by atoms with van der Waals surface area (Å²) in [6.07, 6.45) is 9.90. The third-order valence-electron chi connectivity index (χ3n) is 4.88. The molecule has 27 heavy (non-hydrogen) atoms. The molecule has 5 heteroatoms. The monoisotopic (exact) mass is 365 g/mol. The summed E-state index contributed by atoms with van der Waals surface area (Å²) < 4.78 is 5.39. The van der Waals surface area contributed by atoms with Gasteiger partial charge in [0.15, 0.2) is 0 Å². The van der Waals surface area contributed by atoms with Gasteiger partial charge in [0.25, 0.3) is 5.91 Å². The Morgan fingerprint density at radius 2 is 2.22 bits per heavy atom. The van der Waals surface area contributed by atoms with Gasteiger partial charge >= 0.3 is 0 Å². The molecule has 0 radical (unpaired) electrons. The van der Waals surface area contributed by atoms with Crippen LogP contribution >= 0.6 is 0 Å². The standard InChI is InChI=1S/C22H27N3O2/c1-27-21-11-3-2-8-19(21)10-6-14-25-13-5-7-18(17-25)15-24-22(26)20-9-4-12-23-16-20/h2-4,6,8-12,16,18H,5,7,13-15,17H2,1H3,(H,24,26). The summed E-state index contributed by atoms with van der Waals surface area (Å²) >= 11 is 0. The molecule has 1 saturated heterocycles. The molecule has 0 bridgehead atoms. The van der Waals surface area contributed by atoms with Crippen molar-refractivity contribution in [3.05, 3.63) is 66.0 Å². The topological polar surface area (TPSA) is 54.5 Å². The highest BCUT2D eigenvalue weighted by atomic mass is 16.5. The number of aromatic nitrogens is 1. The van der Waals surface area contributed by atoms with Crippen LogP contribution in [0, 0.1) is 5.92 Å². The average Bonchev–Trinajstić information content (AvgIpc) is 2.73. The lowest BCUT2D eigenvalue weighted by Gasteiger charge is -2.32. The van der Waals surface area contributed by atoms with Gasteiger partial charge in [-0.05, 0) is 43.5 Å². The number of hydrogen-bond acceptors (Lipinski definition) is 4. The number of carbonyl (C=O) groups excluding carboxylic acids is 1. The average molecular weight is 365 g/mol. The second kappa shape index (κ2) is 9.88. The summed E-state index contributed by atoms with van der Waals surface area (Å²) in [6.45, 7) is 3.72. The van der Waals surface area contributed by atoms with Gasteiger partial charge in [0.2, 0.25) is 0 Å². The van der Waals surface area contributed by atoms with Crippen LogP contribution in [0.25, 0.3) is 6.08 Å². The van der Waals surface area contributed by atoms with Crippen LogP contribution in [0.3, 0.4) is 0 Å². The zero-order valence-corrected chi connectivity index (χ0v) is 15.8. The first-order chi connectivity index (χ1) is 13.3. The van der Waals surface area contributed by atoms with Crippen molar-refractivity contribution in [1.29, 1.82) is 0 Å². The van der Waals surface area contributed by atoms with E-state index < -0.39 is 0 Å². The zero-order chi connectivity index (χ0) is 18.9. The number of piperidine rings is 1. The number of nitrogens with one attached hydrogen (secondary N) is 1. The number of nitrogens with zero attached hydrogens (tertiary/aromatic N) is 2. The van der Waals surface area contributed by atoms with Gasteiger partial charge in [-0.25, -0.2) is 0 Å². The molecule has 0 saturated carbocycles. The number of benzene rings is 1. The van der Waals surface area contributed by atoms with Crippen LogP contribution in [0.4, 0.5) is 0 Å². The van der Waals surface area contributed by atoms with E-state index in [0.717, 1.165) is 43.8 Å². The quantitative estimate of drug-likeness (QED) is 0.818. The number of carbonyl (C=O) groups is 1. The molecule has 2 aromatic rings. The second-order valence-corrected chi connectivity index (χ2v) is 6.86. The molecule has 1 atom stereocenters. The number of para-hydroxylation sites is 1. The maximum atomic E-state index is 12.2. The van der Waals surface area contributed by atoms with E-state index >= 15 is 0 Å². The van der Waals surface area contributed by atoms with Gasteiger partial charge < -0.3 is 10.1 Å². The number of hydrogen-bond donors (Lipinski definition) is 1. The molecule has 5 nitrogen and oxygen atoms in total. The molecule has 1 fully saturated rings. The van der Waals surface area contributed by atoms with Crippen molar-refractivity contribution >= 4 is 12.0 Å². The molecule has 142 valence electrons. The van der Waals surface area contributed by atoms with Gasteiger partial charge in [0.1, 0.15) is 5.75 Å². The van der Waals surface area contributed by atoms with Gasteiger partial charge in [-0.15, -0.1) is 0 Å². The van der Waals surface area contributed by atoms with Crippen molar-refractivity contribution in [1.82, 2.24) is 15.2 Å². The molecule has 1 aromatic heterocycles. The fourth-order valence-corrected chi connectivity index (χ4v) is 3.45. The molecule has 1 unspecified atom stereocenters. The van der Waals surface area contributed by atoms with Crippen molar-refractivity contribution in [2.24, 2.45) is 5.92 Å². The zero-order valence-electron chi connectivity index (χ0n) is 15.8. The van der Waals surface area contributed by atoms with E-state index in [0.29, 0.717) is 18.0 Å². The smallest absolute Gasteiger partial charge is 0.252 e. The Hall–Kier alpha value is -2.66. The summed E-state index contributed by atoms with van der Waals surface area (Å²) in [7, 11) is 1.70. The first kappa shape index (κ1) is 19.1. The lowest BCUT2D eigenvalue weighted by atomic mass is 9.98. The third kappa shape index (κ3) is 5.66. The second-order valence-electron chi connectivity index (χ2n) is 6.86. The van der Waals surface area contributed by atoms with E-state index in [1.807, 2.05) is 18.2 Å². The minimum Gasteiger partial charge on any atom is -0.496 e. The highest BCUT2D eigenvalue weighted by Gasteiger charge is 2.19. The molecule has 1 aliphatic rings. The van der Waals surface area contributed by atoms with E-state index in [1.165, 1.54) is 0 Å². The van der Waals surface area contributed by atoms with Crippen LogP contribution in [0.2, 0.25) is 0 Å². The highest BCUT2D eigenvalue weighted by Crippen LogP contribution is 2.19. The van der Waals surface area contributed by atoms with E-state index in [2.05, 4.69) is 33.4 Å². The number of ether oxygens (including phenoxy) is 1. The Bertz CT molecular complexity index is 761. The van der Waals surface area contributed by atoms with Gasteiger partial charge in [0.05, 0.1) is 12.7 Å². The molecule has 0 spiro atoms. The maximum Gasteiger partial charge on any atom is 0.252 e. The summed E-state index contributed by atoms with van der Waals surface area (Å²) in [4.78, 5) is 18.6. The van der Waals surface area contributed by atoms with Crippen LogP contribution in [0.15, 0.2) is 54.9 Å². The van der Waals surface area contributed by atoms with Gasteiger partial charge in [-0.2, -0.15) is 0 Å². The maximum absolute atomic E-state index is 12.2. The Morgan fingerprint density at radius 1 is 1.33 bits per heavy atom. The Kier molecular flexibility index (Phi) is 6.99. The van der Waals surface area contributed by atoms with Gasteiger partial charge in [-0.1, -0.05) is 30.4 Å². The molecule has 1 amide bonds.